The van der Waals surface area contributed by atoms with Crippen LogP contribution in [-0.2, 0) is 6.42 Å². The van der Waals surface area contributed by atoms with Crippen LogP contribution in [0, 0.1) is 0 Å². The van der Waals surface area contributed by atoms with Gasteiger partial charge in [0, 0.05) is 12.1 Å². The summed E-state index contributed by atoms with van der Waals surface area (Å²) in [7, 11) is 0. The number of hydrogen-bond donors (Lipinski definition) is 3. The predicted molar refractivity (Wildman–Crippen MR) is 76.5 cm³/mol. The Morgan fingerprint density at radius 1 is 1.40 bits per heavy atom. The molecule has 2 unspecified atom stereocenters. The van der Waals surface area contributed by atoms with E-state index in [4.69, 9.17) is 5.73 Å². The topological polar surface area (TPSA) is 86.8 Å². The van der Waals surface area contributed by atoms with E-state index in [1.54, 1.807) is 0 Å². The largest absolute Gasteiger partial charge is 0.465 e. The Bertz CT molecular complexity index is 452. The minimum Gasteiger partial charge on any atom is -0.465 e. The van der Waals surface area contributed by atoms with Crippen molar-refractivity contribution < 1.29 is 15.0 Å². The zero-order valence-corrected chi connectivity index (χ0v) is 11.6. The number of rotatable bonds is 4. The van der Waals surface area contributed by atoms with Crippen molar-refractivity contribution >= 4 is 6.09 Å². The van der Waals surface area contributed by atoms with Gasteiger partial charge in [0.25, 0.3) is 0 Å². The number of likely N-dealkylation sites (tertiary alicyclic amines) is 1. The molecule has 4 atom stereocenters. The van der Waals surface area contributed by atoms with E-state index in [0.717, 1.165) is 12.0 Å². The van der Waals surface area contributed by atoms with Gasteiger partial charge in [-0.3, -0.25) is 0 Å². The van der Waals surface area contributed by atoms with Crippen LogP contribution in [0.2, 0.25) is 0 Å². The van der Waals surface area contributed by atoms with Gasteiger partial charge in [-0.05, 0) is 31.7 Å². The van der Waals surface area contributed by atoms with Crippen molar-refractivity contribution in [3.63, 3.8) is 0 Å². The number of hydrogen-bond acceptors (Lipinski definition) is 3. The Balaban J connectivity index is 2.03. The Hall–Kier alpha value is -1.59. The Morgan fingerprint density at radius 2 is 2.05 bits per heavy atom. The molecule has 4 N–H and O–H groups in total. The second-order valence-electron chi connectivity index (χ2n) is 5.53. The van der Waals surface area contributed by atoms with Crippen molar-refractivity contribution in [2.45, 2.75) is 50.4 Å². The van der Waals surface area contributed by atoms with E-state index in [2.05, 4.69) is 0 Å². The number of amides is 1. The van der Waals surface area contributed by atoms with Gasteiger partial charge in [0.05, 0.1) is 12.1 Å². The van der Waals surface area contributed by atoms with Crippen molar-refractivity contribution in [3.8, 4) is 0 Å². The fourth-order valence-corrected chi connectivity index (χ4v) is 2.98. The summed E-state index contributed by atoms with van der Waals surface area (Å²) in [6.07, 6.45) is 0.158. The van der Waals surface area contributed by atoms with Crippen LogP contribution < -0.4 is 5.73 Å². The lowest BCUT2D eigenvalue weighted by molar-refractivity contribution is 0.0428. The monoisotopic (exact) mass is 278 g/mol. The zero-order chi connectivity index (χ0) is 14.7. The molecule has 0 aromatic heterocycles. The fraction of sp³-hybridized carbons (Fsp3) is 0.533. The van der Waals surface area contributed by atoms with Crippen LogP contribution in [0.4, 0.5) is 4.79 Å². The number of nitrogens with two attached hydrogens (primary N) is 1. The van der Waals surface area contributed by atoms with E-state index in [1.165, 1.54) is 4.90 Å². The molecule has 1 amide bonds. The van der Waals surface area contributed by atoms with Crippen LogP contribution in [-0.4, -0.2) is 45.4 Å². The first-order valence-electron chi connectivity index (χ1n) is 6.99. The van der Waals surface area contributed by atoms with Gasteiger partial charge < -0.3 is 20.8 Å². The molecule has 1 saturated heterocycles. The van der Waals surface area contributed by atoms with Gasteiger partial charge in [0.15, 0.2) is 0 Å². The number of nitrogens with zero attached hydrogens (tertiary/aromatic N) is 1. The molecule has 1 heterocycles. The molecule has 2 rings (SSSR count). The molecule has 5 heteroatoms. The third kappa shape index (κ3) is 3.11. The van der Waals surface area contributed by atoms with E-state index >= 15 is 0 Å². The summed E-state index contributed by atoms with van der Waals surface area (Å²) in [6, 6.07) is 8.77. The highest BCUT2D eigenvalue weighted by Crippen LogP contribution is 2.27. The summed E-state index contributed by atoms with van der Waals surface area (Å²) in [5.74, 6) is 0. The van der Waals surface area contributed by atoms with Crippen LogP contribution in [0.15, 0.2) is 30.3 Å². The van der Waals surface area contributed by atoms with Crippen LogP contribution in [0.25, 0.3) is 0 Å². The van der Waals surface area contributed by atoms with Gasteiger partial charge in [-0.1, -0.05) is 30.3 Å². The van der Waals surface area contributed by atoms with Crippen molar-refractivity contribution in [2.75, 3.05) is 0 Å². The molecule has 1 aromatic carbocycles. The molecular weight excluding hydrogens is 256 g/mol. The van der Waals surface area contributed by atoms with Gasteiger partial charge in [0.2, 0.25) is 0 Å². The van der Waals surface area contributed by atoms with Crippen molar-refractivity contribution in [1.29, 1.82) is 0 Å². The average Bonchev–Trinajstić information content (AvgIpc) is 2.81. The van der Waals surface area contributed by atoms with E-state index in [1.807, 2.05) is 37.3 Å². The lowest BCUT2D eigenvalue weighted by Gasteiger charge is -2.32. The third-order valence-corrected chi connectivity index (χ3v) is 4.08. The molecule has 0 spiro atoms. The van der Waals surface area contributed by atoms with Crippen molar-refractivity contribution in [2.24, 2.45) is 5.73 Å². The second kappa shape index (κ2) is 6.24. The fourth-order valence-electron chi connectivity index (χ4n) is 2.98. The SMILES string of the molecule is CC1CCC([C@@H](O)[C@@H](N)Cc2ccccc2)N1C(=O)O. The summed E-state index contributed by atoms with van der Waals surface area (Å²) in [5.41, 5.74) is 7.12. The van der Waals surface area contributed by atoms with Crippen LogP contribution in [0.3, 0.4) is 0 Å². The molecule has 1 aliphatic heterocycles. The highest BCUT2D eigenvalue weighted by molar-refractivity contribution is 5.66. The summed E-state index contributed by atoms with van der Waals surface area (Å²) in [5, 5.41) is 19.6. The number of benzene rings is 1. The van der Waals surface area contributed by atoms with Crippen LogP contribution >= 0.6 is 0 Å². The zero-order valence-electron chi connectivity index (χ0n) is 11.6. The molecule has 0 saturated carbocycles. The standard InChI is InChI=1S/C15H22N2O3/c1-10-7-8-13(17(10)15(19)20)14(18)12(16)9-11-5-3-2-4-6-11/h2-6,10,12-14,18H,7-9,16H2,1H3,(H,19,20)/t10?,12-,13?,14-/m0/s1. The van der Waals surface area contributed by atoms with Gasteiger partial charge >= 0.3 is 6.09 Å². The van der Waals surface area contributed by atoms with Gasteiger partial charge in [-0.15, -0.1) is 0 Å². The number of carboxylic acid groups (broad SMARTS) is 1. The molecule has 110 valence electrons. The Kier molecular flexibility index (Phi) is 4.62. The van der Waals surface area contributed by atoms with Gasteiger partial charge in [-0.2, -0.15) is 0 Å². The smallest absolute Gasteiger partial charge is 0.407 e. The first kappa shape index (κ1) is 14.8. The Morgan fingerprint density at radius 3 is 2.65 bits per heavy atom. The quantitative estimate of drug-likeness (QED) is 0.778. The van der Waals surface area contributed by atoms with Crippen molar-refractivity contribution in [3.05, 3.63) is 35.9 Å². The average molecular weight is 278 g/mol. The molecule has 1 fully saturated rings. The predicted octanol–water partition coefficient (Wildman–Crippen LogP) is 1.45. The molecule has 5 nitrogen and oxygen atoms in total. The summed E-state index contributed by atoms with van der Waals surface area (Å²) in [6.45, 7) is 1.86. The van der Waals surface area contributed by atoms with E-state index in [-0.39, 0.29) is 6.04 Å². The van der Waals surface area contributed by atoms with Gasteiger partial charge in [0.1, 0.15) is 0 Å². The molecule has 0 bridgehead atoms. The van der Waals surface area contributed by atoms with Crippen molar-refractivity contribution in [1.82, 2.24) is 4.90 Å². The maximum Gasteiger partial charge on any atom is 0.407 e. The second-order valence-corrected chi connectivity index (χ2v) is 5.53. The van der Waals surface area contributed by atoms with Crippen LogP contribution in [0.5, 0.6) is 0 Å². The minimum absolute atomic E-state index is 0.0592. The summed E-state index contributed by atoms with van der Waals surface area (Å²) < 4.78 is 0. The highest BCUT2D eigenvalue weighted by atomic mass is 16.4. The van der Waals surface area contributed by atoms with E-state index in [0.29, 0.717) is 12.8 Å². The number of aliphatic hydroxyl groups excluding tert-OH is 1. The Labute approximate surface area is 119 Å². The maximum absolute atomic E-state index is 11.3. The highest BCUT2D eigenvalue weighted by Gasteiger charge is 2.40. The number of carbonyl (C=O) groups is 1. The molecule has 0 aliphatic carbocycles. The number of aliphatic hydroxyl groups is 1. The summed E-state index contributed by atoms with van der Waals surface area (Å²) >= 11 is 0. The molecule has 1 aromatic rings. The van der Waals surface area contributed by atoms with E-state index < -0.39 is 24.3 Å². The van der Waals surface area contributed by atoms with Gasteiger partial charge in [-0.25, -0.2) is 4.79 Å². The first-order valence-corrected chi connectivity index (χ1v) is 6.99. The third-order valence-electron chi connectivity index (χ3n) is 4.08. The minimum atomic E-state index is -0.981. The maximum atomic E-state index is 11.3. The lowest BCUT2D eigenvalue weighted by Crippen LogP contribution is -2.52. The lowest BCUT2D eigenvalue weighted by atomic mass is 9.96. The normalized spacial score (nSPS) is 25.4. The van der Waals surface area contributed by atoms with E-state index in [9.17, 15) is 15.0 Å². The first-order chi connectivity index (χ1) is 9.50. The molecule has 0 radical (unpaired) electrons. The molecular formula is C15H22N2O3. The van der Waals surface area contributed by atoms with Crippen LogP contribution in [0.1, 0.15) is 25.3 Å². The molecule has 20 heavy (non-hydrogen) atoms. The molecule has 1 aliphatic rings. The summed E-state index contributed by atoms with van der Waals surface area (Å²) in [4.78, 5) is 12.6.